The van der Waals surface area contributed by atoms with Crippen molar-refractivity contribution in [3.8, 4) is 0 Å². The van der Waals surface area contributed by atoms with Crippen LogP contribution in [0.2, 0.25) is 0 Å². The standard InChI is InChI=1S/C16H33N3O/c1-8-9-10-17-14(2,3)11-19-12-15(4,5)18-16(6,7)13(19)20/h17-18H,8-12H2,1-7H3. The highest BCUT2D eigenvalue weighted by molar-refractivity contribution is 5.86. The lowest BCUT2D eigenvalue weighted by molar-refractivity contribution is -0.144. The van der Waals surface area contributed by atoms with E-state index in [0.717, 1.165) is 19.6 Å². The van der Waals surface area contributed by atoms with Crippen LogP contribution < -0.4 is 10.6 Å². The highest BCUT2D eigenvalue weighted by Crippen LogP contribution is 2.23. The predicted octanol–water partition coefficient (Wildman–Crippen LogP) is 2.14. The Balaban J connectivity index is 2.71. The van der Waals surface area contributed by atoms with Crippen molar-refractivity contribution in [3.63, 3.8) is 0 Å². The van der Waals surface area contributed by atoms with Gasteiger partial charge >= 0.3 is 0 Å². The van der Waals surface area contributed by atoms with Crippen LogP contribution in [0.15, 0.2) is 0 Å². The number of unbranched alkanes of at least 4 members (excludes halogenated alkanes) is 1. The Morgan fingerprint density at radius 1 is 1.30 bits per heavy atom. The third-order valence-corrected chi connectivity index (χ3v) is 3.78. The molecule has 1 saturated heterocycles. The maximum absolute atomic E-state index is 12.6. The van der Waals surface area contributed by atoms with Crippen LogP contribution in [0.25, 0.3) is 0 Å². The number of hydrogen-bond acceptors (Lipinski definition) is 3. The summed E-state index contributed by atoms with van der Waals surface area (Å²) in [6.45, 7) is 17.3. The second kappa shape index (κ2) is 6.02. The van der Waals surface area contributed by atoms with E-state index in [4.69, 9.17) is 0 Å². The first kappa shape index (κ1) is 17.4. The van der Waals surface area contributed by atoms with Crippen LogP contribution in [0.1, 0.15) is 61.3 Å². The van der Waals surface area contributed by atoms with E-state index in [2.05, 4.69) is 45.3 Å². The Morgan fingerprint density at radius 3 is 2.45 bits per heavy atom. The number of carbonyl (C=O) groups is 1. The monoisotopic (exact) mass is 283 g/mol. The third-order valence-electron chi connectivity index (χ3n) is 3.78. The number of rotatable bonds is 6. The quantitative estimate of drug-likeness (QED) is 0.734. The highest BCUT2D eigenvalue weighted by Gasteiger charge is 2.44. The molecule has 118 valence electrons. The fraction of sp³-hybridized carbons (Fsp3) is 0.938. The number of amides is 1. The Labute approximate surface area is 124 Å². The largest absolute Gasteiger partial charge is 0.337 e. The van der Waals surface area contributed by atoms with E-state index in [1.165, 1.54) is 12.8 Å². The molecule has 1 aliphatic heterocycles. The molecular weight excluding hydrogens is 250 g/mol. The van der Waals surface area contributed by atoms with Crippen LogP contribution in [0, 0.1) is 0 Å². The molecule has 0 saturated carbocycles. The first-order valence-corrected chi connectivity index (χ1v) is 7.83. The van der Waals surface area contributed by atoms with Crippen molar-refractivity contribution in [1.29, 1.82) is 0 Å². The van der Waals surface area contributed by atoms with Crippen LogP contribution in [-0.2, 0) is 4.79 Å². The first-order valence-electron chi connectivity index (χ1n) is 7.83. The SMILES string of the molecule is CCCCNC(C)(C)CN1CC(C)(C)NC(C)(C)C1=O. The molecule has 4 nitrogen and oxygen atoms in total. The molecule has 0 spiro atoms. The van der Waals surface area contributed by atoms with Gasteiger partial charge in [-0.25, -0.2) is 0 Å². The lowest BCUT2D eigenvalue weighted by Crippen LogP contribution is -2.71. The molecule has 0 aromatic rings. The second-order valence-corrected chi connectivity index (χ2v) is 7.96. The van der Waals surface area contributed by atoms with Gasteiger partial charge in [-0.2, -0.15) is 0 Å². The van der Waals surface area contributed by atoms with Gasteiger partial charge < -0.3 is 10.2 Å². The summed E-state index contributed by atoms with van der Waals surface area (Å²) in [6.07, 6.45) is 2.37. The van der Waals surface area contributed by atoms with Crippen LogP contribution >= 0.6 is 0 Å². The van der Waals surface area contributed by atoms with Crippen molar-refractivity contribution < 1.29 is 4.79 Å². The summed E-state index contributed by atoms with van der Waals surface area (Å²) in [5.41, 5.74) is -0.577. The number of nitrogens with zero attached hydrogens (tertiary/aromatic N) is 1. The Bertz CT molecular complexity index is 348. The molecular formula is C16H33N3O. The summed E-state index contributed by atoms with van der Waals surface area (Å²) >= 11 is 0. The molecule has 2 N–H and O–H groups in total. The average molecular weight is 283 g/mol. The van der Waals surface area contributed by atoms with Gasteiger partial charge in [0.15, 0.2) is 0 Å². The topological polar surface area (TPSA) is 44.4 Å². The van der Waals surface area contributed by atoms with Crippen LogP contribution in [0.5, 0.6) is 0 Å². The van der Waals surface area contributed by atoms with Crippen LogP contribution in [0.4, 0.5) is 0 Å². The van der Waals surface area contributed by atoms with Gasteiger partial charge in [0.2, 0.25) is 5.91 Å². The molecule has 0 radical (unpaired) electrons. The van der Waals surface area contributed by atoms with Gasteiger partial charge in [-0.3, -0.25) is 10.1 Å². The summed E-state index contributed by atoms with van der Waals surface area (Å²) < 4.78 is 0. The van der Waals surface area contributed by atoms with E-state index in [1.54, 1.807) is 0 Å². The molecule has 1 fully saturated rings. The molecule has 0 aromatic heterocycles. The molecule has 1 heterocycles. The van der Waals surface area contributed by atoms with Crippen molar-refractivity contribution >= 4 is 5.91 Å². The third kappa shape index (κ3) is 4.74. The molecule has 0 atom stereocenters. The summed E-state index contributed by atoms with van der Waals surface area (Å²) in [6, 6.07) is 0. The van der Waals surface area contributed by atoms with E-state index in [0.29, 0.717) is 0 Å². The van der Waals surface area contributed by atoms with Crippen LogP contribution in [0.3, 0.4) is 0 Å². The fourth-order valence-corrected chi connectivity index (χ4v) is 3.15. The molecule has 0 aliphatic carbocycles. The van der Waals surface area contributed by atoms with Gasteiger partial charge in [0, 0.05) is 24.2 Å². The molecule has 0 aromatic carbocycles. The predicted molar refractivity (Wildman–Crippen MR) is 84.9 cm³/mol. The molecule has 0 bridgehead atoms. The van der Waals surface area contributed by atoms with Gasteiger partial charge in [0.25, 0.3) is 0 Å². The molecule has 0 unspecified atom stereocenters. The zero-order valence-electron chi connectivity index (χ0n) is 14.4. The Kier molecular flexibility index (Phi) is 5.25. The zero-order valence-corrected chi connectivity index (χ0v) is 14.4. The van der Waals surface area contributed by atoms with E-state index in [-0.39, 0.29) is 17.0 Å². The van der Waals surface area contributed by atoms with E-state index < -0.39 is 5.54 Å². The first-order chi connectivity index (χ1) is 8.99. The van der Waals surface area contributed by atoms with Gasteiger partial charge in [0.05, 0.1) is 5.54 Å². The maximum atomic E-state index is 12.6. The molecule has 4 heteroatoms. The number of carbonyl (C=O) groups excluding carboxylic acids is 1. The van der Waals surface area contributed by atoms with E-state index in [1.807, 2.05) is 18.7 Å². The van der Waals surface area contributed by atoms with Gasteiger partial charge in [-0.05, 0) is 54.5 Å². The maximum Gasteiger partial charge on any atom is 0.242 e. The minimum Gasteiger partial charge on any atom is -0.337 e. The molecule has 20 heavy (non-hydrogen) atoms. The van der Waals surface area contributed by atoms with E-state index >= 15 is 0 Å². The van der Waals surface area contributed by atoms with Crippen molar-refractivity contribution in [1.82, 2.24) is 15.5 Å². The van der Waals surface area contributed by atoms with Crippen molar-refractivity contribution in [2.45, 2.75) is 77.9 Å². The lowest BCUT2D eigenvalue weighted by Gasteiger charge is -2.49. The Hall–Kier alpha value is -0.610. The highest BCUT2D eigenvalue weighted by atomic mass is 16.2. The van der Waals surface area contributed by atoms with Crippen LogP contribution in [-0.4, -0.2) is 47.1 Å². The van der Waals surface area contributed by atoms with Gasteiger partial charge in [-0.15, -0.1) is 0 Å². The summed E-state index contributed by atoms with van der Waals surface area (Å²) in [5, 5.41) is 7.01. The average Bonchev–Trinajstić information content (AvgIpc) is 2.23. The Morgan fingerprint density at radius 2 is 1.90 bits per heavy atom. The molecule has 1 rings (SSSR count). The summed E-state index contributed by atoms with van der Waals surface area (Å²) in [4.78, 5) is 14.6. The van der Waals surface area contributed by atoms with Gasteiger partial charge in [0.1, 0.15) is 0 Å². The van der Waals surface area contributed by atoms with Gasteiger partial charge in [-0.1, -0.05) is 13.3 Å². The second-order valence-electron chi connectivity index (χ2n) is 7.96. The number of nitrogens with one attached hydrogen (secondary N) is 2. The minimum absolute atomic E-state index is 0.0447. The minimum atomic E-state index is -0.485. The number of piperazine rings is 1. The normalized spacial score (nSPS) is 22.1. The number of hydrogen-bond donors (Lipinski definition) is 2. The van der Waals surface area contributed by atoms with Crippen molar-refractivity contribution in [3.05, 3.63) is 0 Å². The summed E-state index contributed by atoms with van der Waals surface area (Å²) in [5.74, 6) is 0.196. The molecule has 1 aliphatic rings. The lowest BCUT2D eigenvalue weighted by atomic mass is 9.89. The van der Waals surface area contributed by atoms with E-state index in [9.17, 15) is 4.79 Å². The van der Waals surface area contributed by atoms with Crippen molar-refractivity contribution in [2.75, 3.05) is 19.6 Å². The summed E-state index contributed by atoms with van der Waals surface area (Å²) in [7, 11) is 0. The molecule has 1 amide bonds. The zero-order chi connectivity index (χ0) is 15.6. The smallest absolute Gasteiger partial charge is 0.242 e. The van der Waals surface area contributed by atoms with Crippen molar-refractivity contribution in [2.24, 2.45) is 0 Å². The fourth-order valence-electron chi connectivity index (χ4n) is 3.15.